The zero-order valence-electron chi connectivity index (χ0n) is 16.1. The molecule has 0 radical (unpaired) electrons. The summed E-state index contributed by atoms with van der Waals surface area (Å²) in [4.78, 5) is 32.8. The van der Waals surface area contributed by atoms with Crippen molar-refractivity contribution in [3.05, 3.63) is 75.8 Å². The van der Waals surface area contributed by atoms with Crippen LogP contribution in [-0.2, 0) is 0 Å². The molecule has 3 aromatic rings. The van der Waals surface area contributed by atoms with Crippen molar-refractivity contribution < 1.29 is 9.59 Å². The lowest BCUT2D eigenvalue weighted by molar-refractivity contribution is 0.0653. The fourth-order valence-corrected chi connectivity index (χ4v) is 4.89. The normalized spacial score (nSPS) is 14.8. The van der Waals surface area contributed by atoms with Gasteiger partial charge >= 0.3 is 0 Å². The monoisotopic (exact) mass is 424 g/mol. The molecule has 0 saturated carbocycles. The van der Waals surface area contributed by atoms with Crippen LogP contribution in [0, 0.1) is 12.8 Å². The zero-order valence-corrected chi connectivity index (χ0v) is 17.7. The van der Waals surface area contributed by atoms with E-state index in [-0.39, 0.29) is 17.6 Å². The first-order valence-electron chi connectivity index (χ1n) is 9.65. The van der Waals surface area contributed by atoms with Crippen LogP contribution in [0.3, 0.4) is 0 Å². The van der Waals surface area contributed by atoms with Crippen LogP contribution in [0.4, 0.5) is 0 Å². The fraction of sp³-hybridized carbons (Fsp3) is 0.261. The van der Waals surface area contributed by atoms with Crippen molar-refractivity contribution >= 4 is 34.6 Å². The number of nitrogens with zero attached hydrogens (tertiary/aromatic N) is 2. The van der Waals surface area contributed by atoms with Gasteiger partial charge in [-0.15, -0.1) is 11.3 Å². The van der Waals surface area contributed by atoms with Crippen molar-refractivity contribution in [3.8, 4) is 10.6 Å². The minimum absolute atomic E-state index is 0.00103. The van der Waals surface area contributed by atoms with Crippen molar-refractivity contribution in [1.82, 2.24) is 9.88 Å². The van der Waals surface area contributed by atoms with E-state index >= 15 is 0 Å². The Morgan fingerprint density at radius 2 is 1.79 bits per heavy atom. The largest absolute Gasteiger partial charge is 0.338 e. The molecule has 1 fully saturated rings. The number of aromatic nitrogens is 1. The van der Waals surface area contributed by atoms with Gasteiger partial charge in [-0.3, -0.25) is 9.59 Å². The number of amides is 1. The molecule has 29 heavy (non-hydrogen) atoms. The fourth-order valence-electron chi connectivity index (χ4n) is 3.67. The summed E-state index contributed by atoms with van der Waals surface area (Å²) in [5, 5.41) is 1.44. The summed E-state index contributed by atoms with van der Waals surface area (Å²) in [5.41, 5.74) is 2.40. The van der Waals surface area contributed by atoms with Gasteiger partial charge in [-0.1, -0.05) is 54.1 Å². The quantitative estimate of drug-likeness (QED) is 0.519. The Bertz CT molecular complexity index is 1040. The zero-order chi connectivity index (χ0) is 20.4. The van der Waals surface area contributed by atoms with Crippen LogP contribution in [0.15, 0.2) is 54.6 Å². The van der Waals surface area contributed by atoms with E-state index in [1.54, 1.807) is 0 Å². The van der Waals surface area contributed by atoms with Crippen LogP contribution in [0.25, 0.3) is 10.6 Å². The molecule has 4 rings (SSSR count). The van der Waals surface area contributed by atoms with Gasteiger partial charge < -0.3 is 4.90 Å². The Hall–Kier alpha value is -2.50. The average molecular weight is 425 g/mol. The Labute approximate surface area is 179 Å². The Morgan fingerprint density at radius 3 is 2.48 bits per heavy atom. The van der Waals surface area contributed by atoms with Crippen molar-refractivity contribution in [3.63, 3.8) is 0 Å². The molecule has 1 aromatic heterocycles. The predicted molar refractivity (Wildman–Crippen MR) is 117 cm³/mol. The van der Waals surface area contributed by atoms with Crippen LogP contribution < -0.4 is 0 Å². The Morgan fingerprint density at radius 1 is 1.07 bits per heavy atom. The van der Waals surface area contributed by atoms with Gasteiger partial charge in [0, 0.05) is 35.2 Å². The molecular weight excluding hydrogens is 404 g/mol. The van der Waals surface area contributed by atoms with Gasteiger partial charge in [0.05, 0.1) is 5.69 Å². The third-order valence-corrected chi connectivity index (χ3v) is 6.70. The van der Waals surface area contributed by atoms with E-state index in [1.807, 2.05) is 66.4 Å². The standard InChI is InChI=1S/C23H21ClN2O2S/c1-15-21(29-22(25-15)18-8-5-9-19(24)14-18)23(28)26-12-10-17(11-13-26)20(27)16-6-3-2-4-7-16/h2-9,14,17H,10-13H2,1H3. The second-order valence-electron chi connectivity index (χ2n) is 7.24. The number of halogens is 1. The van der Waals surface area contributed by atoms with E-state index in [1.165, 1.54) is 11.3 Å². The van der Waals surface area contributed by atoms with Crippen molar-refractivity contribution in [1.29, 1.82) is 0 Å². The number of hydrogen-bond acceptors (Lipinski definition) is 4. The number of carbonyl (C=O) groups is 2. The van der Waals surface area contributed by atoms with E-state index in [2.05, 4.69) is 4.98 Å². The number of thiazole rings is 1. The first-order chi connectivity index (χ1) is 14.0. The maximum Gasteiger partial charge on any atom is 0.265 e. The minimum Gasteiger partial charge on any atom is -0.338 e. The van der Waals surface area contributed by atoms with Gasteiger partial charge in [-0.05, 0) is 31.9 Å². The van der Waals surface area contributed by atoms with Crippen LogP contribution in [0.5, 0.6) is 0 Å². The van der Waals surface area contributed by atoms with E-state index < -0.39 is 0 Å². The highest BCUT2D eigenvalue weighted by molar-refractivity contribution is 7.17. The van der Waals surface area contributed by atoms with Crippen LogP contribution in [-0.4, -0.2) is 34.7 Å². The highest BCUT2D eigenvalue weighted by Gasteiger charge is 2.30. The van der Waals surface area contributed by atoms with Gasteiger partial charge in [0.25, 0.3) is 5.91 Å². The summed E-state index contributed by atoms with van der Waals surface area (Å²) in [7, 11) is 0. The number of hydrogen-bond donors (Lipinski definition) is 0. The van der Waals surface area contributed by atoms with Crippen LogP contribution >= 0.6 is 22.9 Å². The smallest absolute Gasteiger partial charge is 0.265 e. The molecule has 0 aliphatic carbocycles. The van der Waals surface area contributed by atoms with Gasteiger partial charge in [0.2, 0.25) is 0 Å². The molecule has 0 unspecified atom stereocenters. The molecular formula is C23H21ClN2O2S. The SMILES string of the molecule is Cc1nc(-c2cccc(Cl)c2)sc1C(=O)N1CCC(C(=O)c2ccccc2)CC1. The number of aryl methyl sites for hydroxylation is 1. The first kappa shape index (κ1) is 19.8. The molecule has 2 aromatic carbocycles. The third kappa shape index (κ3) is 4.26. The Kier molecular flexibility index (Phi) is 5.79. The summed E-state index contributed by atoms with van der Waals surface area (Å²) >= 11 is 7.48. The molecule has 0 N–H and O–H groups in total. The lowest BCUT2D eigenvalue weighted by atomic mass is 9.89. The number of rotatable bonds is 4. The summed E-state index contributed by atoms with van der Waals surface area (Å²) in [6.45, 7) is 3.04. The second-order valence-corrected chi connectivity index (χ2v) is 8.68. The van der Waals surface area contributed by atoms with Crippen molar-refractivity contribution in [2.45, 2.75) is 19.8 Å². The second kappa shape index (κ2) is 8.47. The highest BCUT2D eigenvalue weighted by Crippen LogP contribution is 2.31. The number of Topliss-reactive ketones (excluding diaryl/α,β-unsaturated/α-hetero) is 1. The molecule has 0 spiro atoms. The van der Waals surface area contributed by atoms with E-state index in [0.29, 0.717) is 35.8 Å². The lowest BCUT2D eigenvalue weighted by Crippen LogP contribution is -2.40. The van der Waals surface area contributed by atoms with Crippen molar-refractivity contribution in [2.75, 3.05) is 13.1 Å². The van der Waals surface area contributed by atoms with Crippen LogP contribution in [0.1, 0.15) is 38.6 Å². The molecule has 1 amide bonds. The predicted octanol–water partition coefficient (Wildman–Crippen LogP) is 5.51. The summed E-state index contributed by atoms with van der Waals surface area (Å²) in [6, 6.07) is 16.9. The topological polar surface area (TPSA) is 50.3 Å². The van der Waals surface area contributed by atoms with E-state index in [4.69, 9.17) is 11.6 Å². The summed E-state index contributed by atoms with van der Waals surface area (Å²) in [6.07, 6.45) is 1.39. The van der Waals surface area contributed by atoms with Gasteiger partial charge in [0.1, 0.15) is 9.88 Å². The molecule has 1 aliphatic heterocycles. The number of carbonyl (C=O) groups excluding carboxylic acids is 2. The number of benzene rings is 2. The number of piperidine rings is 1. The Balaban J connectivity index is 1.44. The highest BCUT2D eigenvalue weighted by atomic mass is 35.5. The summed E-state index contributed by atoms with van der Waals surface area (Å²) in [5.74, 6) is 0.153. The molecule has 1 saturated heterocycles. The maximum atomic E-state index is 13.1. The molecule has 1 aliphatic rings. The molecule has 4 nitrogen and oxygen atoms in total. The third-order valence-electron chi connectivity index (χ3n) is 5.27. The molecule has 148 valence electrons. The maximum absolute atomic E-state index is 13.1. The summed E-state index contributed by atoms with van der Waals surface area (Å²) < 4.78 is 0. The van der Waals surface area contributed by atoms with E-state index in [0.717, 1.165) is 21.8 Å². The van der Waals surface area contributed by atoms with E-state index in [9.17, 15) is 9.59 Å². The molecule has 6 heteroatoms. The molecule has 2 heterocycles. The lowest BCUT2D eigenvalue weighted by Gasteiger charge is -2.31. The van der Waals surface area contributed by atoms with Gasteiger partial charge in [0.15, 0.2) is 5.78 Å². The average Bonchev–Trinajstić information content (AvgIpc) is 3.15. The first-order valence-corrected chi connectivity index (χ1v) is 10.8. The number of likely N-dealkylation sites (tertiary alicyclic amines) is 1. The van der Waals surface area contributed by atoms with Gasteiger partial charge in [-0.25, -0.2) is 4.98 Å². The van der Waals surface area contributed by atoms with Gasteiger partial charge in [-0.2, -0.15) is 0 Å². The van der Waals surface area contributed by atoms with Crippen LogP contribution in [0.2, 0.25) is 5.02 Å². The molecule has 0 atom stereocenters. The molecule has 0 bridgehead atoms. The minimum atomic E-state index is -0.0222. The van der Waals surface area contributed by atoms with Crippen molar-refractivity contribution in [2.24, 2.45) is 5.92 Å². The number of ketones is 1.